The molecule has 0 unspecified atom stereocenters. The number of aromatic nitrogens is 1. The third-order valence-electron chi connectivity index (χ3n) is 5.04. The molecule has 2 aromatic rings. The van der Waals surface area contributed by atoms with Gasteiger partial charge in [-0.05, 0) is 37.1 Å². The molecule has 1 N–H and O–H groups in total. The highest BCUT2D eigenvalue weighted by molar-refractivity contribution is 5.97. The second-order valence-corrected chi connectivity index (χ2v) is 6.88. The Hall–Kier alpha value is -3.09. The van der Waals surface area contributed by atoms with E-state index in [1.54, 1.807) is 54.6 Å². The fraction of sp³-hybridized carbons (Fsp3) is 0.350. The predicted molar refractivity (Wildman–Crippen MR) is 98.1 cm³/mol. The van der Waals surface area contributed by atoms with Crippen LogP contribution in [0.15, 0.2) is 42.6 Å². The first kappa shape index (κ1) is 17.3. The van der Waals surface area contributed by atoms with Crippen molar-refractivity contribution < 1.29 is 19.1 Å². The van der Waals surface area contributed by atoms with Gasteiger partial charge in [-0.1, -0.05) is 6.07 Å². The van der Waals surface area contributed by atoms with Crippen molar-refractivity contribution in [3.8, 4) is 11.5 Å². The highest BCUT2D eigenvalue weighted by Gasteiger charge is 2.42. The molecular formula is C20H21N3O4. The number of carbonyl (C=O) groups excluding carboxylic acids is 2. The maximum absolute atomic E-state index is 12.8. The van der Waals surface area contributed by atoms with Crippen molar-refractivity contribution in [3.63, 3.8) is 0 Å². The number of hydrogen-bond donors (Lipinski definition) is 1. The Morgan fingerprint density at radius 1 is 1.33 bits per heavy atom. The van der Waals surface area contributed by atoms with Crippen LogP contribution in [-0.2, 0) is 0 Å². The second kappa shape index (κ2) is 6.90. The van der Waals surface area contributed by atoms with Gasteiger partial charge in [-0.15, -0.1) is 0 Å². The molecule has 0 radical (unpaired) electrons. The van der Waals surface area contributed by atoms with Gasteiger partial charge < -0.3 is 19.7 Å². The number of hydrogen-bond acceptors (Lipinski definition) is 5. The average molecular weight is 367 g/mol. The van der Waals surface area contributed by atoms with Crippen molar-refractivity contribution in [2.45, 2.75) is 18.4 Å². The first-order valence-corrected chi connectivity index (χ1v) is 8.96. The summed E-state index contributed by atoms with van der Waals surface area (Å²) in [6.07, 6.45) is 3.14. The van der Waals surface area contributed by atoms with E-state index in [1.165, 1.54) is 0 Å². The van der Waals surface area contributed by atoms with Gasteiger partial charge in [-0.25, -0.2) is 0 Å². The summed E-state index contributed by atoms with van der Waals surface area (Å²) >= 11 is 0. The van der Waals surface area contributed by atoms with E-state index in [0.717, 1.165) is 12.8 Å². The number of amides is 2. The van der Waals surface area contributed by atoms with Crippen molar-refractivity contribution in [1.29, 1.82) is 0 Å². The number of benzene rings is 1. The lowest BCUT2D eigenvalue weighted by Crippen LogP contribution is -2.58. The van der Waals surface area contributed by atoms with Gasteiger partial charge in [0.15, 0.2) is 0 Å². The molecule has 140 valence electrons. The molecule has 2 aliphatic heterocycles. The van der Waals surface area contributed by atoms with E-state index in [9.17, 15) is 9.59 Å². The summed E-state index contributed by atoms with van der Waals surface area (Å²) in [5.74, 6) is 0.796. The summed E-state index contributed by atoms with van der Waals surface area (Å²) in [5.41, 5.74) is 0.214. The van der Waals surface area contributed by atoms with Crippen molar-refractivity contribution in [2.75, 3.05) is 26.7 Å². The minimum absolute atomic E-state index is 0.125. The maximum atomic E-state index is 12.8. The fourth-order valence-corrected chi connectivity index (χ4v) is 3.66. The Morgan fingerprint density at radius 2 is 2.22 bits per heavy atom. The third-order valence-corrected chi connectivity index (χ3v) is 5.04. The van der Waals surface area contributed by atoms with Crippen LogP contribution in [0.3, 0.4) is 0 Å². The van der Waals surface area contributed by atoms with Crippen LogP contribution in [0.4, 0.5) is 0 Å². The molecular weight excluding hydrogens is 346 g/mol. The monoisotopic (exact) mass is 367 g/mol. The highest BCUT2D eigenvalue weighted by atomic mass is 16.5. The molecule has 7 heteroatoms. The van der Waals surface area contributed by atoms with Crippen LogP contribution in [0.5, 0.6) is 11.5 Å². The predicted octanol–water partition coefficient (Wildman–Crippen LogP) is 1.89. The number of rotatable bonds is 2. The van der Waals surface area contributed by atoms with Crippen molar-refractivity contribution in [2.24, 2.45) is 0 Å². The van der Waals surface area contributed by atoms with Gasteiger partial charge in [0.25, 0.3) is 11.8 Å². The Bertz CT molecular complexity index is 871. The smallest absolute Gasteiger partial charge is 0.272 e. The number of ether oxygens (including phenoxy) is 2. The first-order valence-electron chi connectivity index (χ1n) is 8.96. The topological polar surface area (TPSA) is 80.8 Å². The van der Waals surface area contributed by atoms with E-state index in [1.807, 2.05) is 0 Å². The van der Waals surface area contributed by atoms with Crippen LogP contribution in [0.25, 0.3) is 0 Å². The van der Waals surface area contributed by atoms with E-state index >= 15 is 0 Å². The van der Waals surface area contributed by atoms with Crippen LogP contribution in [0.2, 0.25) is 0 Å². The summed E-state index contributed by atoms with van der Waals surface area (Å²) in [6, 6.07) is 10.4. The molecule has 1 saturated heterocycles. The summed E-state index contributed by atoms with van der Waals surface area (Å²) in [6.45, 7) is 1.37. The number of carbonyl (C=O) groups is 2. The summed E-state index contributed by atoms with van der Waals surface area (Å²) in [5, 5.41) is 2.94. The number of methoxy groups -OCH3 is 1. The minimum atomic E-state index is -0.671. The maximum Gasteiger partial charge on any atom is 0.272 e. The normalized spacial score (nSPS) is 21.7. The third kappa shape index (κ3) is 3.32. The minimum Gasteiger partial charge on any atom is -0.497 e. The number of nitrogens with one attached hydrogen (secondary N) is 1. The standard InChI is InChI=1S/C20H21N3O4/c1-26-14-6-7-15-17(11-14)27-20(12-22-18(15)24)8-4-10-23(13-20)19(25)16-5-2-3-9-21-16/h2-3,5-7,9,11H,4,8,10,12-13H2,1H3,(H,22,24)/t20-/m0/s1. The number of nitrogens with zero attached hydrogens (tertiary/aromatic N) is 2. The van der Waals surface area contributed by atoms with Crippen molar-refractivity contribution in [3.05, 3.63) is 53.9 Å². The molecule has 4 rings (SSSR count). The summed E-state index contributed by atoms with van der Waals surface area (Å²) in [4.78, 5) is 31.2. The molecule has 0 saturated carbocycles. The number of fused-ring (bicyclic) bond motifs is 1. The lowest BCUT2D eigenvalue weighted by Gasteiger charge is -2.42. The van der Waals surface area contributed by atoms with Crippen molar-refractivity contribution in [1.82, 2.24) is 15.2 Å². The molecule has 27 heavy (non-hydrogen) atoms. The van der Waals surface area contributed by atoms with E-state index < -0.39 is 5.60 Å². The Balaban J connectivity index is 1.62. The molecule has 1 fully saturated rings. The Kier molecular flexibility index (Phi) is 4.43. The number of piperidine rings is 1. The molecule has 0 aliphatic carbocycles. The van der Waals surface area contributed by atoms with Gasteiger partial charge >= 0.3 is 0 Å². The Labute approximate surface area is 157 Å². The van der Waals surface area contributed by atoms with Crippen molar-refractivity contribution >= 4 is 11.8 Å². The van der Waals surface area contributed by atoms with Crippen LogP contribution in [0.1, 0.15) is 33.7 Å². The summed E-state index contributed by atoms with van der Waals surface area (Å²) < 4.78 is 11.6. The van der Waals surface area contributed by atoms with Gasteiger partial charge in [-0.3, -0.25) is 14.6 Å². The zero-order chi connectivity index (χ0) is 18.9. The van der Waals surface area contributed by atoms with E-state index in [-0.39, 0.29) is 11.8 Å². The SMILES string of the molecule is COc1ccc2c(c1)O[C@@]1(CCCN(C(=O)c3ccccn3)C1)CNC2=O. The lowest BCUT2D eigenvalue weighted by molar-refractivity contribution is -0.00118. The zero-order valence-electron chi connectivity index (χ0n) is 15.1. The zero-order valence-corrected chi connectivity index (χ0v) is 15.1. The average Bonchev–Trinajstić information content (AvgIpc) is 2.84. The molecule has 2 amide bonds. The number of likely N-dealkylation sites (tertiary alicyclic amines) is 1. The first-order chi connectivity index (χ1) is 13.1. The second-order valence-electron chi connectivity index (χ2n) is 6.88. The van der Waals surface area contributed by atoms with Crippen LogP contribution in [0, 0.1) is 0 Å². The molecule has 2 aliphatic rings. The number of pyridine rings is 1. The highest BCUT2D eigenvalue weighted by Crippen LogP contribution is 2.34. The van der Waals surface area contributed by atoms with Gasteiger partial charge in [0.2, 0.25) is 0 Å². The molecule has 3 heterocycles. The van der Waals surface area contributed by atoms with Gasteiger partial charge in [0.1, 0.15) is 22.8 Å². The van der Waals surface area contributed by atoms with Crippen LogP contribution >= 0.6 is 0 Å². The Morgan fingerprint density at radius 3 is 3.00 bits per heavy atom. The van der Waals surface area contributed by atoms with Gasteiger partial charge in [-0.2, -0.15) is 0 Å². The molecule has 1 aromatic carbocycles. The molecule has 1 spiro atoms. The molecule has 0 bridgehead atoms. The van der Waals surface area contributed by atoms with E-state index in [0.29, 0.717) is 42.4 Å². The van der Waals surface area contributed by atoms with Crippen LogP contribution in [-0.4, -0.2) is 54.0 Å². The van der Waals surface area contributed by atoms with Crippen LogP contribution < -0.4 is 14.8 Å². The van der Waals surface area contributed by atoms with Gasteiger partial charge in [0, 0.05) is 18.8 Å². The molecule has 1 atom stereocenters. The molecule has 1 aromatic heterocycles. The van der Waals surface area contributed by atoms with E-state index in [4.69, 9.17) is 9.47 Å². The fourth-order valence-electron chi connectivity index (χ4n) is 3.66. The summed E-state index contributed by atoms with van der Waals surface area (Å²) in [7, 11) is 1.57. The molecule has 7 nitrogen and oxygen atoms in total. The van der Waals surface area contributed by atoms with Gasteiger partial charge in [0.05, 0.1) is 25.8 Å². The quantitative estimate of drug-likeness (QED) is 0.877. The largest absolute Gasteiger partial charge is 0.497 e. The van der Waals surface area contributed by atoms with E-state index in [2.05, 4.69) is 10.3 Å². The lowest BCUT2D eigenvalue weighted by atomic mass is 9.92.